The largest absolute Gasteiger partial charge is 0.508 e. The van der Waals surface area contributed by atoms with E-state index in [4.69, 9.17) is 0 Å². The van der Waals surface area contributed by atoms with Gasteiger partial charge in [-0.3, -0.25) is 0 Å². The van der Waals surface area contributed by atoms with Gasteiger partial charge in [-0.1, -0.05) is 30.3 Å². The molecule has 1 N–H and O–H groups in total. The lowest BCUT2D eigenvalue weighted by Crippen LogP contribution is -2.14. The number of phenols is 1. The molecule has 108 valence electrons. The second-order valence-corrected chi connectivity index (χ2v) is 4.96. The van der Waals surface area contributed by atoms with Crippen LogP contribution in [0.3, 0.4) is 0 Å². The highest BCUT2D eigenvalue weighted by Crippen LogP contribution is 2.29. The summed E-state index contributed by atoms with van der Waals surface area (Å²) in [6, 6.07) is 9.72. The molecule has 0 fully saturated rings. The number of nitriles is 2. The molecule has 0 saturated heterocycles. The van der Waals surface area contributed by atoms with Gasteiger partial charge >= 0.3 is 0 Å². The summed E-state index contributed by atoms with van der Waals surface area (Å²) in [7, 11) is 0. The second-order valence-electron chi connectivity index (χ2n) is 4.96. The van der Waals surface area contributed by atoms with Crippen molar-refractivity contribution in [1.29, 1.82) is 10.5 Å². The highest BCUT2D eigenvalue weighted by Gasteiger charge is 2.21. The van der Waals surface area contributed by atoms with E-state index in [1.807, 2.05) is 13.0 Å². The summed E-state index contributed by atoms with van der Waals surface area (Å²) >= 11 is 0. The number of hydrogen-bond acceptors (Lipinski definition) is 5. The minimum absolute atomic E-state index is 0.0878. The first-order chi connectivity index (χ1) is 10.6. The van der Waals surface area contributed by atoms with E-state index >= 15 is 0 Å². The first-order valence-electron chi connectivity index (χ1n) is 6.67. The quantitative estimate of drug-likeness (QED) is 0.681. The Hall–Kier alpha value is -3.18. The Balaban J connectivity index is 2.52. The van der Waals surface area contributed by atoms with Crippen molar-refractivity contribution in [3.05, 3.63) is 64.1 Å². The standard InChI is InChI=1S/C17H13N3O2/c1-11-8-13(4-7-17(11)20-22)16(10-19)15(9-18)12-2-5-14(21)6-3-12/h2-8,11,17,21H,1H3/b16-15+. The highest BCUT2D eigenvalue weighted by atomic mass is 16.3. The topological polar surface area (TPSA) is 97.2 Å². The van der Waals surface area contributed by atoms with Crippen molar-refractivity contribution < 1.29 is 5.11 Å². The fraction of sp³-hybridized carbons (Fsp3) is 0.176. The lowest BCUT2D eigenvalue weighted by molar-refractivity contribution is 0.475. The summed E-state index contributed by atoms with van der Waals surface area (Å²) in [5.41, 5.74) is 1.61. The van der Waals surface area contributed by atoms with Gasteiger partial charge in [0.15, 0.2) is 0 Å². The molecule has 0 radical (unpaired) electrons. The SMILES string of the molecule is CC1C=C(/C(C#N)=C(\C#N)c2ccc(O)cc2)C=CC1N=O. The van der Waals surface area contributed by atoms with E-state index < -0.39 is 6.04 Å². The van der Waals surface area contributed by atoms with Crippen molar-refractivity contribution in [2.45, 2.75) is 13.0 Å². The van der Waals surface area contributed by atoms with Gasteiger partial charge in [0.25, 0.3) is 0 Å². The average Bonchev–Trinajstić information content (AvgIpc) is 2.53. The fourth-order valence-electron chi connectivity index (χ4n) is 2.27. The minimum atomic E-state index is -0.456. The molecule has 2 rings (SSSR count). The predicted molar refractivity (Wildman–Crippen MR) is 82.2 cm³/mol. The molecule has 2 unspecified atom stereocenters. The molecule has 22 heavy (non-hydrogen) atoms. The Kier molecular flexibility index (Phi) is 4.50. The minimum Gasteiger partial charge on any atom is -0.508 e. The van der Waals surface area contributed by atoms with Crippen molar-refractivity contribution in [3.8, 4) is 17.9 Å². The molecule has 0 amide bonds. The molecule has 5 nitrogen and oxygen atoms in total. The Morgan fingerprint density at radius 3 is 2.32 bits per heavy atom. The van der Waals surface area contributed by atoms with E-state index in [0.717, 1.165) is 0 Å². The van der Waals surface area contributed by atoms with Crippen LogP contribution in [0.25, 0.3) is 5.57 Å². The van der Waals surface area contributed by atoms with Crippen LogP contribution in [-0.2, 0) is 0 Å². The number of allylic oxidation sites excluding steroid dienone is 4. The van der Waals surface area contributed by atoms with E-state index in [1.54, 1.807) is 30.4 Å². The smallest absolute Gasteiger partial charge is 0.116 e. The molecule has 1 aromatic carbocycles. The molecule has 0 bridgehead atoms. The molecule has 0 saturated carbocycles. The maximum atomic E-state index is 10.7. The summed E-state index contributed by atoms with van der Waals surface area (Å²) in [6.45, 7) is 1.83. The Morgan fingerprint density at radius 1 is 1.18 bits per heavy atom. The summed E-state index contributed by atoms with van der Waals surface area (Å²) in [4.78, 5) is 10.7. The van der Waals surface area contributed by atoms with Crippen molar-refractivity contribution >= 4 is 5.57 Å². The second kappa shape index (κ2) is 6.51. The van der Waals surface area contributed by atoms with Crippen LogP contribution in [0.1, 0.15) is 12.5 Å². The number of rotatable bonds is 3. The van der Waals surface area contributed by atoms with Crippen molar-refractivity contribution in [1.82, 2.24) is 0 Å². The van der Waals surface area contributed by atoms with Crippen LogP contribution < -0.4 is 0 Å². The summed E-state index contributed by atoms with van der Waals surface area (Å²) in [6.07, 6.45) is 5.04. The molecular formula is C17H13N3O2. The predicted octanol–water partition coefficient (Wildman–Crippen LogP) is 3.46. The molecule has 0 aromatic heterocycles. The Labute approximate surface area is 128 Å². The fourth-order valence-corrected chi connectivity index (χ4v) is 2.27. The maximum Gasteiger partial charge on any atom is 0.116 e. The molecular weight excluding hydrogens is 278 g/mol. The van der Waals surface area contributed by atoms with Crippen molar-refractivity contribution in [2.24, 2.45) is 11.1 Å². The van der Waals surface area contributed by atoms with Gasteiger partial charge in [-0.05, 0) is 35.4 Å². The van der Waals surface area contributed by atoms with Gasteiger partial charge in [-0.2, -0.15) is 15.4 Å². The lowest BCUT2D eigenvalue weighted by Gasteiger charge is -2.17. The van der Waals surface area contributed by atoms with Crippen LogP contribution in [0.2, 0.25) is 0 Å². The Morgan fingerprint density at radius 2 is 1.82 bits per heavy atom. The third-order valence-corrected chi connectivity index (χ3v) is 3.49. The van der Waals surface area contributed by atoms with Crippen LogP contribution in [0.4, 0.5) is 0 Å². The number of nitrogens with zero attached hydrogens (tertiary/aromatic N) is 3. The molecule has 1 aromatic rings. The van der Waals surface area contributed by atoms with Gasteiger partial charge in [-0.15, -0.1) is 0 Å². The van der Waals surface area contributed by atoms with Gasteiger partial charge in [0.1, 0.15) is 23.9 Å². The van der Waals surface area contributed by atoms with E-state index in [0.29, 0.717) is 11.1 Å². The third kappa shape index (κ3) is 2.94. The van der Waals surface area contributed by atoms with E-state index in [9.17, 15) is 20.5 Å². The number of benzene rings is 1. The van der Waals surface area contributed by atoms with Crippen LogP contribution >= 0.6 is 0 Å². The number of aromatic hydroxyl groups is 1. The third-order valence-electron chi connectivity index (χ3n) is 3.49. The van der Waals surface area contributed by atoms with Crippen LogP contribution in [0, 0.1) is 33.5 Å². The monoisotopic (exact) mass is 291 g/mol. The summed E-state index contributed by atoms with van der Waals surface area (Å²) in [5, 5.41) is 31.2. The van der Waals surface area contributed by atoms with E-state index in [2.05, 4.69) is 11.2 Å². The average molecular weight is 291 g/mol. The molecule has 1 aliphatic rings. The first-order valence-corrected chi connectivity index (χ1v) is 6.67. The normalized spacial score (nSPS) is 21.1. The zero-order valence-corrected chi connectivity index (χ0v) is 11.9. The number of nitroso groups, excluding NO2 is 1. The molecule has 0 heterocycles. The zero-order valence-electron chi connectivity index (χ0n) is 11.9. The van der Waals surface area contributed by atoms with Gasteiger partial charge in [-0.25, -0.2) is 0 Å². The van der Waals surface area contributed by atoms with Gasteiger partial charge < -0.3 is 5.11 Å². The van der Waals surface area contributed by atoms with Gasteiger partial charge in [0, 0.05) is 5.92 Å². The number of hydrogen-bond donors (Lipinski definition) is 1. The first kappa shape index (κ1) is 15.2. The van der Waals surface area contributed by atoms with Gasteiger partial charge in [0.05, 0.1) is 11.1 Å². The maximum absolute atomic E-state index is 10.7. The van der Waals surface area contributed by atoms with Crippen LogP contribution in [-0.4, -0.2) is 11.1 Å². The molecule has 0 spiro atoms. The lowest BCUT2D eigenvalue weighted by atomic mass is 9.87. The van der Waals surface area contributed by atoms with E-state index in [1.165, 1.54) is 12.1 Å². The summed E-state index contributed by atoms with van der Waals surface area (Å²) in [5.74, 6) is -0.0505. The summed E-state index contributed by atoms with van der Waals surface area (Å²) < 4.78 is 0. The van der Waals surface area contributed by atoms with Crippen LogP contribution in [0.15, 0.2) is 58.8 Å². The molecule has 2 atom stereocenters. The molecule has 0 aliphatic heterocycles. The zero-order chi connectivity index (χ0) is 16.1. The van der Waals surface area contributed by atoms with Gasteiger partial charge in [0.2, 0.25) is 0 Å². The molecule has 1 aliphatic carbocycles. The van der Waals surface area contributed by atoms with E-state index in [-0.39, 0.29) is 22.8 Å². The van der Waals surface area contributed by atoms with Crippen LogP contribution in [0.5, 0.6) is 5.75 Å². The van der Waals surface area contributed by atoms with Crippen molar-refractivity contribution in [3.63, 3.8) is 0 Å². The Bertz CT molecular complexity index is 759. The molecule has 5 heteroatoms. The van der Waals surface area contributed by atoms with Crippen molar-refractivity contribution in [2.75, 3.05) is 0 Å². The highest BCUT2D eigenvalue weighted by molar-refractivity contribution is 5.86. The number of phenolic OH excluding ortho intramolecular Hbond substituents is 1.